The smallest absolute Gasteiger partial charge is 0.317 e. The van der Waals surface area contributed by atoms with E-state index in [9.17, 15) is 30.0 Å². The molecule has 5 rings (SSSR count). The van der Waals surface area contributed by atoms with Crippen molar-refractivity contribution in [2.45, 2.75) is 104 Å². The molecule has 0 spiro atoms. The number of allylic oxidation sites excluding steroid dienone is 1. The first-order valence-electron chi connectivity index (χ1n) is 15.1. The van der Waals surface area contributed by atoms with Gasteiger partial charge in [0.25, 0.3) is 0 Å². The van der Waals surface area contributed by atoms with Gasteiger partial charge in [-0.05, 0) is 92.3 Å². The van der Waals surface area contributed by atoms with Gasteiger partial charge in [0.1, 0.15) is 5.41 Å². The first kappa shape index (κ1) is 30.0. The lowest BCUT2D eigenvalue weighted by molar-refractivity contribution is -0.254. The Kier molecular flexibility index (Phi) is 6.94. The number of rotatable bonds is 3. The second kappa shape index (κ2) is 9.26. The van der Waals surface area contributed by atoms with E-state index < -0.39 is 46.6 Å². The van der Waals surface area contributed by atoms with Crippen LogP contribution < -0.4 is 0 Å². The number of fused-ring (bicyclic) bond motifs is 7. The van der Waals surface area contributed by atoms with Crippen molar-refractivity contribution in [3.63, 3.8) is 0 Å². The van der Waals surface area contributed by atoms with Crippen LogP contribution in [-0.2, 0) is 19.1 Å². The Bertz CT molecular complexity index is 1100. The van der Waals surface area contributed by atoms with Crippen molar-refractivity contribution in [3.05, 3.63) is 11.6 Å². The van der Waals surface area contributed by atoms with Gasteiger partial charge in [-0.25, -0.2) is 0 Å². The summed E-state index contributed by atoms with van der Waals surface area (Å²) in [5.41, 5.74) is -3.44. The number of methoxy groups -OCH3 is 2. The van der Waals surface area contributed by atoms with Crippen LogP contribution in [0.3, 0.4) is 0 Å². The zero-order valence-electron chi connectivity index (χ0n) is 25.3. The number of aliphatic hydroxyl groups is 4. The molecule has 0 bridgehead atoms. The van der Waals surface area contributed by atoms with Gasteiger partial charge in [-0.1, -0.05) is 39.3 Å². The average Bonchev–Trinajstić information content (AvgIpc) is 2.91. The monoisotopic (exact) mass is 562 g/mol. The summed E-state index contributed by atoms with van der Waals surface area (Å²) in [6, 6.07) is 0. The highest BCUT2D eigenvalue weighted by atomic mass is 16.5. The molecule has 0 radical (unpaired) electrons. The minimum atomic E-state index is -1.59. The summed E-state index contributed by atoms with van der Waals surface area (Å²) >= 11 is 0. The van der Waals surface area contributed by atoms with Crippen molar-refractivity contribution in [2.24, 2.45) is 50.7 Å². The number of carbonyl (C=O) groups is 2. The Morgan fingerprint density at radius 3 is 2.20 bits per heavy atom. The second-order valence-corrected chi connectivity index (χ2v) is 14.9. The zero-order chi connectivity index (χ0) is 29.7. The second-order valence-electron chi connectivity index (χ2n) is 14.9. The van der Waals surface area contributed by atoms with Crippen LogP contribution in [0.4, 0.5) is 0 Å². The van der Waals surface area contributed by atoms with Gasteiger partial charge >= 0.3 is 11.9 Å². The molecule has 0 aromatic heterocycles. The van der Waals surface area contributed by atoms with E-state index in [1.54, 1.807) is 0 Å². The molecule has 8 heteroatoms. The van der Waals surface area contributed by atoms with Crippen molar-refractivity contribution in [1.82, 2.24) is 0 Å². The fourth-order valence-corrected chi connectivity index (χ4v) is 11.4. The molecule has 5 aliphatic rings. The van der Waals surface area contributed by atoms with Crippen LogP contribution in [0.5, 0.6) is 0 Å². The predicted octanol–water partition coefficient (Wildman–Crippen LogP) is 3.39. The van der Waals surface area contributed by atoms with Crippen LogP contribution in [0.2, 0.25) is 0 Å². The molecule has 226 valence electrons. The van der Waals surface area contributed by atoms with Crippen molar-refractivity contribution in [1.29, 1.82) is 0 Å². The number of esters is 2. The fourth-order valence-electron chi connectivity index (χ4n) is 11.4. The topological polar surface area (TPSA) is 134 Å². The van der Waals surface area contributed by atoms with Crippen LogP contribution in [0.1, 0.15) is 86.0 Å². The quantitative estimate of drug-likeness (QED) is 0.304. The molecule has 0 aromatic rings. The Balaban J connectivity index is 1.66. The Hall–Kier alpha value is -1.48. The van der Waals surface area contributed by atoms with E-state index >= 15 is 0 Å². The molecule has 0 unspecified atom stereocenters. The van der Waals surface area contributed by atoms with E-state index in [2.05, 4.69) is 33.8 Å². The fraction of sp³-hybridized carbons (Fsp3) is 0.875. The van der Waals surface area contributed by atoms with Crippen molar-refractivity contribution < 1.29 is 39.5 Å². The Morgan fingerprint density at radius 2 is 1.60 bits per heavy atom. The molecule has 5 aliphatic carbocycles. The molecule has 0 aliphatic heterocycles. The van der Waals surface area contributed by atoms with Crippen LogP contribution in [-0.4, -0.2) is 71.0 Å². The van der Waals surface area contributed by atoms with Crippen LogP contribution >= 0.6 is 0 Å². The van der Waals surface area contributed by atoms with E-state index in [4.69, 9.17) is 9.47 Å². The van der Waals surface area contributed by atoms with Gasteiger partial charge in [-0.2, -0.15) is 0 Å². The molecule has 4 saturated carbocycles. The third-order valence-corrected chi connectivity index (χ3v) is 13.9. The normalized spacial score (nSPS) is 53.6. The lowest BCUT2D eigenvalue weighted by Crippen LogP contribution is -2.71. The molecule has 0 aromatic carbocycles. The van der Waals surface area contributed by atoms with E-state index in [0.29, 0.717) is 32.1 Å². The SMILES string of the molecule is COC(=O)[C@]12CC[C@@H](C)[C@@](C)(O)[C@H]1C1=CC[C@@H]3[C@@]4(C)C[C@@H](O)[C@H](O)[C@@](CO)(C(=O)OC)[C@@H]4CC[C@@]3(C)[C@]1(C)CC2. The molecule has 0 saturated heterocycles. The number of hydrogen-bond acceptors (Lipinski definition) is 8. The highest BCUT2D eigenvalue weighted by Crippen LogP contribution is 2.76. The summed E-state index contributed by atoms with van der Waals surface area (Å²) in [5, 5.41) is 45.1. The van der Waals surface area contributed by atoms with Gasteiger partial charge in [0.05, 0.1) is 44.1 Å². The standard InChI is InChI=1S/C32H50O8/c1-18-10-13-31(25(36)39-6)15-14-28(3)19(23(31)30(18,5)38)8-9-21-27(2)16-20(34)24(35)32(17-33,26(37)40-7)22(27)11-12-29(21,28)4/h8,18,20-24,33-35,38H,9-17H2,1-7H3/t18-,20-,21-,22-,23-,24+,27-,28-,29-,30-,31+,32+/m1/s1. The summed E-state index contributed by atoms with van der Waals surface area (Å²) in [7, 11) is 2.71. The largest absolute Gasteiger partial charge is 0.469 e. The van der Waals surface area contributed by atoms with Gasteiger partial charge in [0.15, 0.2) is 0 Å². The zero-order valence-corrected chi connectivity index (χ0v) is 25.3. The van der Waals surface area contributed by atoms with Gasteiger partial charge in [0, 0.05) is 5.92 Å². The highest BCUT2D eigenvalue weighted by Gasteiger charge is 2.74. The summed E-state index contributed by atoms with van der Waals surface area (Å²) in [5.74, 6) is -1.57. The number of carbonyl (C=O) groups excluding carboxylic acids is 2. The molecule has 4 N–H and O–H groups in total. The molecule has 8 nitrogen and oxygen atoms in total. The third-order valence-electron chi connectivity index (χ3n) is 13.9. The van der Waals surface area contributed by atoms with Crippen molar-refractivity contribution in [2.75, 3.05) is 20.8 Å². The van der Waals surface area contributed by atoms with Gasteiger partial charge in [-0.3, -0.25) is 9.59 Å². The maximum atomic E-state index is 13.5. The Labute approximate surface area is 238 Å². The lowest BCUT2D eigenvalue weighted by Gasteiger charge is -2.72. The summed E-state index contributed by atoms with van der Waals surface area (Å²) < 4.78 is 10.5. The first-order chi connectivity index (χ1) is 18.6. The minimum absolute atomic E-state index is 0.0255. The van der Waals surface area contributed by atoms with Crippen LogP contribution in [0.25, 0.3) is 0 Å². The maximum Gasteiger partial charge on any atom is 0.317 e. The third kappa shape index (κ3) is 3.34. The lowest BCUT2D eigenvalue weighted by atomic mass is 9.32. The van der Waals surface area contributed by atoms with Crippen LogP contribution in [0, 0.1) is 50.7 Å². The first-order valence-corrected chi connectivity index (χ1v) is 15.1. The van der Waals surface area contributed by atoms with Crippen molar-refractivity contribution >= 4 is 11.9 Å². The summed E-state index contributed by atoms with van der Waals surface area (Å²) in [6.45, 7) is 10.1. The Morgan fingerprint density at radius 1 is 0.950 bits per heavy atom. The highest BCUT2D eigenvalue weighted by molar-refractivity contribution is 5.79. The van der Waals surface area contributed by atoms with E-state index in [-0.39, 0.29) is 40.5 Å². The summed E-state index contributed by atoms with van der Waals surface area (Å²) in [6.07, 6.45) is 4.86. The van der Waals surface area contributed by atoms with Gasteiger partial charge in [0.2, 0.25) is 0 Å². The molecule has 0 heterocycles. The van der Waals surface area contributed by atoms with E-state index in [0.717, 1.165) is 24.8 Å². The number of aliphatic hydroxyl groups excluding tert-OH is 3. The predicted molar refractivity (Wildman–Crippen MR) is 148 cm³/mol. The maximum absolute atomic E-state index is 13.5. The molecule has 40 heavy (non-hydrogen) atoms. The van der Waals surface area contributed by atoms with Crippen LogP contribution in [0.15, 0.2) is 11.6 Å². The summed E-state index contributed by atoms with van der Waals surface area (Å²) in [4.78, 5) is 26.7. The minimum Gasteiger partial charge on any atom is -0.469 e. The molecule has 4 fully saturated rings. The molecular weight excluding hydrogens is 512 g/mol. The number of ether oxygens (including phenoxy) is 2. The van der Waals surface area contributed by atoms with E-state index in [1.165, 1.54) is 14.2 Å². The van der Waals surface area contributed by atoms with Gasteiger partial charge < -0.3 is 29.9 Å². The molecule has 0 amide bonds. The molecular formula is C32H50O8. The van der Waals surface area contributed by atoms with Gasteiger partial charge in [-0.15, -0.1) is 0 Å². The van der Waals surface area contributed by atoms with E-state index in [1.807, 2.05) is 6.92 Å². The number of hydrogen-bond donors (Lipinski definition) is 4. The molecule has 12 atom stereocenters. The average molecular weight is 563 g/mol. The van der Waals surface area contributed by atoms with Crippen molar-refractivity contribution in [3.8, 4) is 0 Å².